The van der Waals surface area contributed by atoms with Crippen LogP contribution in [0.5, 0.6) is 0 Å². The van der Waals surface area contributed by atoms with Crippen LogP contribution < -0.4 is 10.5 Å². The van der Waals surface area contributed by atoms with Gasteiger partial charge in [-0.05, 0) is 25.0 Å². The molecule has 1 aliphatic rings. The lowest BCUT2D eigenvalue weighted by molar-refractivity contribution is 0.411. The lowest BCUT2D eigenvalue weighted by atomic mass is 9.98. The molecule has 5 rings (SSSR count). The molecule has 0 radical (unpaired) electrons. The molecule has 0 amide bonds. The third-order valence-electron chi connectivity index (χ3n) is 4.69. The number of aromatic nitrogens is 5. The highest BCUT2D eigenvalue weighted by atomic mass is 16.3. The van der Waals surface area contributed by atoms with Gasteiger partial charge in [-0.3, -0.25) is 14.9 Å². The Kier molecular flexibility index (Phi) is 3.09. The molecule has 8 heteroatoms. The Hall–Kier alpha value is -3.16. The van der Waals surface area contributed by atoms with Crippen molar-refractivity contribution in [3.8, 4) is 0 Å². The van der Waals surface area contributed by atoms with E-state index in [0.717, 1.165) is 36.4 Å². The molecule has 0 saturated carbocycles. The lowest BCUT2D eigenvalue weighted by Gasteiger charge is -2.31. The SMILES string of the molecule is O=c1[nH]c(N2CCC[C@H](c3nc4ccccc4o3)C2)nc2[nH]ncc12. The van der Waals surface area contributed by atoms with Gasteiger partial charge in [0.05, 0.1) is 12.1 Å². The molecular weight excluding hydrogens is 320 g/mol. The maximum atomic E-state index is 12.2. The van der Waals surface area contributed by atoms with Crippen molar-refractivity contribution in [3.05, 3.63) is 46.7 Å². The molecule has 126 valence electrons. The maximum absolute atomic E-state index is 12.2. The maximum Gasteiger partial charge on any atom is 0.263 e. The molecule has 0 spiro atoms. The van der Waals surface area contributed by atoms with Crippen molar-refractivity contribution in [1.82, 2.24) is 25.1 Å². The zero-order chi connectivity index (χ0) is 16.8. The molecule has 0 unspecified atom stereocenters. The van der Waals surface area contributed by atoms with Crippen molar-refractivity contribution >= 4 is 28.1 Å². The Labute approximate surface area is 141 Å². The zero-order valence-corrected chi connectivity index (χ0v) is 13.4. The first-order valence-corrected chi connectivity index (χ1v) is 8.32. The van der Waals surface area contributed by atoms with Gasteiger partial charge in [0.1, 0.15) is 10.9 Å². The average Bonchev–Trinajstić information content (AvgIpc) is 3.28. The van der Waals surface area contributed by atoms with Gasteiger partial charge in [-0.25, -0.2) is 4.98 Å². The molecule has 1 saturated heterocycles. The second kappa shape index (κ2) is 5.44. The number of fused-ring (bicyclic) bond motifs is 2. The summed E-state index contributed by atoms with van der Waals surface area (Å²) in [5, 5.41) is 7.11. The van der Waals surface area contributed by atoms with Crippen LogP contribution in [0.15, 0.2) is 39.7 Å². The molecule has 4 heterocycles. The summed E-state index contributed by atoms with van der Waals surface area (Å²) in [6.45, 7) is 1.54. The molecule has 3 aromatic heterocycles. The van der Waals surface area contributed by atoms with Gasteiger partial charge in [0.15, 0.2) is 17.1 Å². The number of hydrogen-bond acceptors (Lipinski definition) is 6. The van der Waals surface area contributed by atoms with E-state index in [1.165, 1.54) is 6.20 Å². The van der Waals surface area contributed by atoms with Crippen LogP contribution in [0.3, 0.4) is 0 Å². The van der Waals surface area contributed by atoms with E-state index in [4.69, 9.17) is 4.42 Å². The number of aromatic amines is 2. The van der Waals surface area contributed by atoms with E-state index in [9.17, 15) is 4.79 Å². The number of oxazole rings is 1. The van der Waals surface area contributed by atoms with E-state index >= 15 is 0 Å². The molecule has 25 heavy (non-hydrogen) atoms. The summed E-state index contributed by atoms with van der Waals surface area (Å²) >= 11 is 0. The van der Waals surface area contributed by atoms with Crippen molar-refractivity contribution in [1.29, 1.82) is 0 Å². The number of para-hydroxylation sites is 2. The third kappa shape index (κ3) is 2.37. The predicted molar refractivity (Wildman–Crippen MR) is 92.7 cm³/mol. The molecule has 1 aromatic carbocycles. The summed E-state index contributed by atoms with van der Waals surface area (Å²) in [7, 11) is 0. The minimum absolute atomic E-state index is 0.170. The van der Waals surface area contributed by atoms with Gasteiger partial charge in [0.2, 0.25) is 5.95 Å². The number of H-pyrrole nitrogens is 2. The van der Waals surface area contributed by atoms with Gasteiger partial charge >= 0.3 is 0 Å². The normalized spacial score (nSPS) is 18.2. The van der Waals surface area contributed by atoms with E-state index in [1.807, 2.05) is 24.3 Å². The summed E-state index contributed by atoms with van der Waals surface area (Å²) in [5.74, 6) is 1.47. The van der Waals surface area contributed by atoms with Crippen LogP contribution in [0, 0.1) is 0 Å². The van der Waals surface area contributed by atoms with E-state index < -0.39 is 0 Å². The number of benzene rings is 1. The van der Waals surface area contributed by atoms with Crippen molar-refractivity contribution < 1.29 is 4.42 Å². The van der Waals surface area contributed by atoms with Crippen LogP contribution in [0.4, 0.5) is 5.95 Å². The first-order chi connectivity index (χ1) is 12.3. The summed E-state index contributed by atoms with van der Waals surface area (Å²) in [4.78, 5) is 26.2. The number of hydrogen-bond donors (Lipinski definition) is 2. The highest BCUT2D eigenvalue weighted by Crippen LogP contribution is 2.30. The molecule has 4 aromatic rings. The monoisotopic (exact) mass is 336 g/mol. The first kappa shape index (κ1) is 14.2. The van der Waals surface area contributed by atoms with Gasteiger partial charge in [0, 0.05) is 13.1 Å². The van der Waals surface area contributed by atoms with Crippen LogP contribution in [0.2, 0.25) is 0 Å². The summed E-state index contributed by atoms with van der Waals surface area (Å²) in [6.07, 6.45) is 3.47. The molecule has 1 atom stereocenters. The fraction of sp³-hybridized carbons (Fsp3) is 0.294. The van der Waals surface area contributed by atoms with Crippen LogP contribution in [-0.4, -0.2) is 38.2 Å². The van der Waals surface area contributed by atoms with Crippen LogP contribution in [-0.2, 0) is 0 Å². The number of rotatable bonds is 2. The van der Waals surface area contributed by atoms with Crippen molar-refractivity contribution in [2.75, 3.05) is 18.0 Å². The average molecular weight is 336 g/mol. The Bertz CT molecular complexity index is 1080. The fourth-order valence-electron chi connectivity index (χ4n) is 3.42. The summed E-state index contributed by atoms with van der Waals surface area (Å²) in [6, 6.07) is 7.78. The van der Waals surface area contributed by atoms with Crippen LogP contribution in [0.1, 0.15) is 24.7 Å². The Morgan fingerprint density at radius 1 is 1.24 bits per heavy atom. The van der Waals surface area contributed by atoms with Crippen LogP contribution in [0.25, 0.3) is 22.1 Å². The van der Waals surface area contributed by atoms with Gasteiger partial charge in [-0.1, -0.05) is 12.1 Å². The lowest BCUT2D eigenvalue weighted by Crippen LogP contribution is -2.36. The van der Waals surface area contributed by atoms with Crippen LogP contribution >= 0.6 is 0 Å². The number of nitrogens with zero attached hydrogens (tertiary/aromatic N) is 4. The number of anilines is 1. The molecule has 0 bridgehead atoms. The smallest absolute Gasteiger partial charge is 0.263 e. The Balaban J connectivity index is 1.47. The van der Waals surface area contributed by atoms with Crippen molar-refractivity contribution in [3.63, 3.8) is 0 Å². The minimum atomic E-state index is -0.183. The molecule has 8 nitrogen and oxygen atoms in total. The highest BCUT2D eigenvalue weighted by Gasteiger charge is 2.27. The molecule has 2 N–H and O–H groups in total. The quantitative estimate of drug-likeness (QED) is 0.581. The van der Waals surface area contributed by atoms with E-state index in [2.05, 4.69) is 30.0 Å². The second-order valence-electron chi connectivity index (χ2n) is 6.33. The number of piperidine rings is 1. The fourth-order valence-corrected chi connectivity index (χ4v) is 3.42. The second-order valence-corrected chi connectivity index (χ2v) is 6.33. The third-order valence-corrected chi connectivity index (χ3v) is 4.69. The van der Waals surface area contributed by atoms with Gasteiger partial charge < -0.3 is 9.32 Å². The molecule has 1 fully saturated rings. The van der Waals surface area contributed by atoms with E-state index in [0.29, 0.717) is 23.5 Å². The molecular formula is C17H16N6O2. The highest BCUT2D eigenvalue weighted by molar-refractivity contribution is 5.74. The zero-order valence-electron chi connectivity index (χ0n) is 13.4. The Morgan fingerprint density at radius 3 is 3.08 bits per heavy atom. The summed E-state index contributed by atoms with van der Waals surface area (Å²) in [5.41, 5.74) is 2.00. The van der Waals surface area contributed by atoms with Crippen molar-refractivity contribution in [2.45, 2.75) is 18.8 Å². The number of nitrogens with one attached hydrogen (secondary N) is 2. The first-order valence-electron chi connectivity index (χ1n) is 8.32. The molecule has 0 aliphatic carbocycles. The topological polar surface area (TPSA) is 104 Å². The summed E-state index contributed by atoms with van der Waals surface area (Å²) < 4.78 is 5.93. The van der Waals surface area contributed by atoms with Gasteiger partial charge in [0.25, 0.3) is 5.56 Å². The van der Waals surface area contributed by atoms with Gasteiger partial charge in [-0.15, -0.1) is 0 Å². The predicted octanol–water partition coefficient (Wildman–Crippen LogP) is 2.17. The van der Waals surface area contributed by atoms with Gasteiger partial charge in [-0.2, -0.15) is 10.1 Å². The largest absolute Gasteiger partial charge is 0.440 e. The standard InChI is InChI=1S/C17H16N6O2/c24-15-11-8-18-22-14(11)20-17(21-15)23-7-3-4-10(9-23)16-19-12-5-1-2-6-13(12)25-16/h1-2,5-6,8,10H,3-4,7,9H2,(H2,18,20,21,22,24)/t10-/m0/s1. The van der Waals surface area contributed by atoms with E-state index in [-0.39, 0.29) is 11.5 Å². The molecule has 1 aliphatic heterocycles. The Morgan fingerprint density at radius 2 is 2.16 bits per heavy atom. The van der Waals surface area contributed by atoms with Crippen molar-refractivity contribution in [2.24, 2.45) is 0 Å². The van der Waals surface area contributed by atoms with E-state index in [1.54, 1.807) is 0 Å². The minimum Gasteiger partial charge on any atom is -0.440 e.